The Labute approximate surface area is 61.1 Å². The van der Waals surface area contributed by atoms with Gasteiger partial charge in [-0.05, 0) is 12.8 Å². The van der Waals surface area contributed by atoms with Gasteiger partial charge in [-0.2, -0.15) is 0 Å². The summed E-state index contributed by atoms with van der Waals surface area (Å²) >= 11 is 0. The van der Waals surface area contributed by atoms with Crippen molar-refractivity contribution in [1.29, 1.82) is 0 Å². The molecular weight excluding hydrogens is 162 g/mol. The van der Waals surface area contributed by atoms with Crippen LogP contribution in [0.5, 0.6) is 0 Å². The molecule has 2 N–H and O–H groups in total. The molecule has 0 radical (unpaired) electrons. The van der Waals surface area contributed by atoms with E-state index in [0.29, 0.717) is 0 Å². The van der Waals surface area contributed by atoms with Gasteiger partial charge in [-0.25, -0.2) is 13.6 Å². The van der Waals surface area contributed by atoms with E-state index < -0.39 is 10.0 Å². The van der Waals surface area contributed by atoms with E-state index in [4.69, 9.17) is 5.14 Å². The average molecular weight is 172 g/mol. The smallest absolute Gasteiger partial charge is 0.211 e. The molecule has 1 rings (SSSR count). The van der Waals surface area contributed by atoms with Gasteiger partial charge in [-0.1, -0.05) is 6.42 Å². The Bertz CT molecular complexity index is 173. The highest BCUT2D eigenvalue weighted by Gasteiger charge is 2.27. The molecule has 1 saturated carbocycles. The molecule has 1 aliphatic rings. The lowest BCUT2D eigenvalue weighted by atomic mass is 10.0. The molecule has 1 fully saturated rings. The molecule has 0 aromatic carbocycles. The average Bonchev–Trinajstić information content (AvgIpc) is 1.16. The van der Waals surface area contributed by atoms with Crippen LogP contribution < -0.4 is 5.14 Å². The van der Waals surface area contributed by atoms with Crippen LogP contribution in [0.2, 0.25) is 0 Å². The molecule has 0 atom stereocenters. The van der Waals surface area contributed by atoms with E-state index in [2.05, 4.69) is 0 Å². The summed E-state index contributed by atoms with van der Waals surface area (Å²) in [5.41, 5.74) is 0. The van der Waals surface area contributed by atoms with Crippen LogP contribution in [0.1, 0.15) is 19.3 Å². The lowest BCUT2D eigenvalue weighted by Gasteiger charge is -2.21. The first-order valence-electron chi connectivity index (χ1n) is 2.62. The Balaban J connectivity index is 0.000000640. The minimum Gasteiger partial charge on any atom is -0.228 e. The van der Waals surface area contributed by atoms with Crippen LogP contribution in [-0.2, 0) is 10.0 Å². The molecule has 0 aliphatic heterocycles. The quantitative estimate of drug-likeness (QED) is 0.615. The lowest BCUT2D eigenvalue weighted by Crippen LogP contribution is -2.33. The van der Waals surface area contributed by atoms with Gasteiger partial charge in [0.2, 0.25) is 10.0 Å². The standard InChI is InChI=1S/C4H9NO2S.ClH/c5-8(6,7)4-2-1-3-4;/h4H,1-3H2,(H2,5,6,7);1H. The SMILES string of the molecule is Cl.NS(=O)(=O)C1CCC1. The molecule has 0 aromatic rings. The highest BCUT2D eigenvalue weighted by atomic mass is 35.5. The van der Waals surface area contributed by atoms with Crippen molar-refractivity contribution in [3.8, 4) is 0 Å². The van der Waals surface area contributed by atoms with Gasteiger partial charge in [0.05, 0.1) is 5.25 Å². The maximum Gasteiger partial charge on any atom is 0.211 e. The third kappa shape index (κ3) is 2.12. The number of sulfonamides is 1. The normalized spacial score (nSPS) is 20.1. The summed E-state index contributed by atoms with van der Waals surface area (Å²) in [5.74, 6) is 0. The second-order valence-electron chi connectivity index (χ2n) is 2.14. The van der Waals surface area contributed by atoms with E-state index in [-0.39, 0.29) is 17.7 Å². The predicted molar refractivity (Wildman–Crippen MR) is 38.0 cm³/mol. The van der Waals surface area contributed by atoms with Gasteiger partial charge in [0.1, 0.15) is 0 Å². The largest absolute Gasteiger partial charge is 0.228 e. The maximum atomic E-state index is 10.4. The number of rotatable bonds is 1. The summed E-state index contributed by atoms with van der Waals surface area (Å²) in [6, 6.07) is 0. The topological polar surface area (TPSA) is 60.2 Å². The third-order valence-corrected chi connectivity index (χ3v) is 2.92. The zero-order valence-corrected chi connectivity index (χ0v) is 6.54. The number of hydrogen-bond donors (Lipinski definition) is 1. The lowest BCUT2D eigenvalue weighted by molar-refractivity contribution is 0.477. The molecule has 0 aromatic heterocycles. The summed E-state index contributed by atoms with van der Waals surface area (Å²) in [6.07, 6.45) is 2.54. The van der Waals surface area contributed by atoms with Crippen LogP contribution >= 0.6 is 12.4 Å². The van der Waals surface area contributed by atoms with Gasteiger partial charge < -0.3 is 0 Å². The molecule has 0 amide bonds. The minimum absolute atomic E-state index is 0. The number of halogens is 1. The van der Waals surface area contributed by atoms with E-state index in [9.17, 15) is 8.42 Å². The highest BCUT2D eigenvalue weighted by molar-refractivity contribution is 7.89. The highest BCUT2D eigenvalue weighted by Crippen LogP contribution is 2.23. The zero-order chi connectivity index (χ0) is 6.20. The molecule has 3 nitrogen and oxygen atoms in total. The molecule has 0 spiro atoms. The number of primary sulfonamides is 1. The first kappa shape index (κ1) is 9.20. The second kappa shape index (κ2) is 2.86. The van der Waals surface area contributed by atoms with Crippen LogP contribution in [0, 0.1) is 0 Å². The predicted octanol–water partition coefficient (Wildman–Crippen LogP) is 0.249. The van der Waals surface area contributed by atoms with Crippen LogP contribution in [0.4, 0.5) is 0 Å². The van der Waals surface area contributed by atoms with Crippen molar-refractivity contribution >= 4 is 22.4 Å². The van der Waals surface area contributed by atoms with E-state index in [1.54, 1.807) is 0 Å². The Morgan fingerprint density at radius 2 is 1.78 bits per heavy atom. The van der Waals surface area contributed by atoms with Crippen molar-refractivity contribution in [2.24, 2.45) is 5.14 Å². The Hall–Kier alpha value is 0.200. The molecule has 56 valence electrons. The summed E-state index contributed by atoms with van der Waals surface area (Å²) < 4.78 is 20.8. The van der Waals surface area contributed by atoms with Crippen molar-refractivity contribution < 1.29 is 8.42 Å². The first-order chi connectivity index (χ1) is 3.61. The van der Waals surface area contributed by atoms with Crippen molar-refractivity contribution in [3.63, 3.8) is 0 Å². The van der Waals surface area contributed by atoms with E-state index in [1.165, 1.54) is 0 Å². The van der Waals surface area contributed by atoms with Crippen LogP contribution in [0.3, 0.4) is 0 Å². The second-order valence-corrected chi connectivity index (χ2v) is 3.99. The number of hydrogen-bond acceptors (Lipinski definition) is 2. The summed E-state index contributed by atoms with van der Waals surface area (Å²) in [4.78, 5) is 0. The molecule has 9 heavy (non-hydrogen) atoms. The molecule has 0 bridgehead atoms. The first-order valence-corrected chi connectivity index (χ1v) is 4.23. The molecule has 0 unspecified atom stereocenters. The van der Waals surface area contributed by atoms with Crippen molar-refractivity contribution in [2.75, 3.05) is 0 Å². The van der Waals surface area contributed by atoms with Gasteiger partial charge in [0.15, 0.2) is 0 Å². The fraction of sp³-hybridized carbons (Fsp3) is 1.00. The van der Waals surface area contributed by atoms with Gasteiger partial charge >= 0.3 is 0 Å². The fourth-order valence-corrected chi connectivity index (χ4v) is 1.69. The molecule has 0 heterocycles. The Morgan fingerprint density at radius 1 is 1.33 bits per heavy atom. The van der Waals surface area contributed by atoms with Crippen LogP contribution in [0.25, 0.3) is 0 Å². The van der Waals surface area contributed by atoms with E-state index in [1.807, 2.05) is 0 Å². The molecule has 1 aliphatic carbocycles. The summed E-state index contributed by atoms with van der Waals surface area (Å²) in [6.45, 7) is 0. The van der Waals surface area contributed by atoms with Crippen LogP contribution in [0.15, 0.2) is 0 Å². The Morgan fingerprint density at radius 3 is 1.78 bits per heavy atom. The zero-order valence-electron chi connectivity index (χ0n) is 4.91. The summed E-state index contributed by atoms with van der Waals surface area (Å²) in [7, 11) is -3.17. The maximum absolute atomic E-state index is 10.4. The van der Waals surface area contributed by atoms with E-state index >= 15 is 0 Å². The van der Waals surface area contributed by atoms with Gasteiger partial charge in [-0.3, -0.25) is 0 Å². The van der Waals surface area contributed by atoms with Crippen LogP contribution in [-0.4, -0.2) is 13.7 Å². The minimum atomic E-state index is -3.17. The van der Waals surface area contributed by atoms with Crippen molar-refractivity contribution in [3.05, 3.63) is 0 Å². The molecular formula is C4H10ClNO2S. The molecule has 0 saturated heterocycles. The Kier molecular flexibility index (Phi) is 2.92. The van der Waals surface area contributed by atoms with Crippen molar-refractivity contribution in [2.45, 2.75) is 24.5 Å². The third-order valence-electron chi connectivity index (χ3n) is 1.52. The fourth-order valence-electron chi connectivity index (χ4n) is 0.699. The monoisotopic (exact) mass is 171 g/mol. The van der Waals surface area contributed by atoms with Crippen molar-refractivity contribution in [1.82, 2.24) is 0 Å². The van der Waals surface area contributed by atoms with E-state index in [0.717, 1.165) is 19.3 Å². The van der Waals surface area contributed by atoms with Gasteiger partial charge in [-0.15, -0.1) is 12.4 Å². The van der Waals surface area contributed by atoms with Gasteiger partial charge in [0.25, 0.3) is 0 Å². The van der Waals surface area contributed by atoms with Gasteiger partial charge in [0, 0.05) is 0 Å². The molecule has 5 heteroatoms. The number of nitrogens with two attached hydrogens (primary N) is 1. The summed E-state index contributed by atoms with van der Waals surface area (Å²) in [5, 5.41) is 4.59.